The van der Waals surface area contributed by atoms with Crippen LogP contribution in [-0.2, 0) is 19.1 Å². The van der Waals surface area contributed by atoms with Crippen molar-refractivity contribution in [2.45, 2.75) is 12.8 Å². The molecule has 0 radical (unpaired) electrons. The van der Waals surface area contributed by atoms with Gasteiger partial charge < -0.3 is 9.47 Å². The van der Waals surface area contributed by atoms with Gasteiger partial charge >= 0.3 is 5.97 Å². The molecule has 0 atom stereocenters. The van der Waals surface area contributed by atoms with E-state index in [1.807, 2.05) is 0 Å². The van der Waals surface area contributed by atoms with Crippen LogP contribution in [0.1, 0.15) is 12.8 Å². The Balaban J connectivity index is 3.18. The van der Waals surface area contributed by atoms with Gasteiger partial charge in [0, 0.05) is 12.7 Å². The highest BCUT2D eigenvalue weighted by atomic mass is 16.5. The van der Waals surface area contributed by atoms with E-state index in [4.69, 9.17) is 9.47 Å². The van der Waals surface area contributed by atoms with Gasteiger partial charge in [-0.2, -0.15) is 0 Å². The number of esters is 1. The second-order valence-corrected chi connectivity index (χ2v) is 2.80. The molecule has 0 unspecified atom stereocenters. The van der Waals surface area contributed by atoms with E-state index in [-0.39, 0.29) is 12.4 Å². The van der Waals surface area contributed by atoms with Crippen molar-refractivity contribution in [1.29, 1.82) is 0 Å². The first-order chi connectivity index (χ1) is 7.20. The lowest BCUT2D eigenvalue weighted by Gasteiger charge is -2.02. The van der Waals surface area contributed by atoms with E-state index >= 15 is 0 Å². The van der Waals surface area contributed by atoms with Gasteiger partial charge in [0.25, 0.3) is 0 Å². The third kappa shape index (κ3) is 8.90. The van der Waals surface area contributed by atoms with E-state index in [2.05, 4.69) is 13.2 Å². The molecule has 0 aliphatic rings. The second kappa shape index (κ2) is 9.15. The van der Waals surface area contributed by atoms with E-state index in [1.54, 1.807) is 0 Å². The highest BCUT2D eigenvalue weighted by molar-refractivity contribution is 5.90. The average molecular weight is 212 g/mol. The van der Waals surface area contributed by atoms with E-state index < -0.39 is 5.97 Å². The monoisotopic (exact) mass is 212 g/mol. The molecule has 0 rings (SSSR count). The molecule has 0 bridgehead atoms. The number of carbonyl (C=O) groups is 2. The largest absolute Gasteiger partial charge is 0.463 e. The van der Waals surface area contributed by atoms with Gasteiger partial charge in [-0.05, 0) is 18.9 Å². The smallest absolute Gasteiger partial charge is 0.330 e. The van der Waals surface area contributed by atoms with E-state index in [9.17, 15) is 9.59 Å². The summed E-state index contributed by atoms with van der Waals surface area (Å²) < 4.78 is 9.78. The van der Waals surface area contributed by atoms with Crippen molar-refractivity contribution in [1.82, 2.24) is 0 Å². The van der Waals surface area contributed by atoms with E-state index in [1.165, 1.54) is 6.08 Å². The summed E-state index contributed by atoms with van der Waals surface area (Å²) in [6.45, 7) is 7.49. The molecule has 0 aromatic rings. The van der Waals surface area contributed by atoms with Crippen LogP contribution in [0.2, 0.25) is 0 Å². The SMILES string of the molecule is C=CC(=O)COCCCCOC(=O)C=C. The molecular weight excluding hydrogens is 196 g/mol. The van der Waals surface area contributed by atoms with Crippen LogP contribution in [0.4, 0.5) is 0 Å². The maximum atomic E-state index is 10.7. The molecule has 0 aliphatic carbocycles. The van der Waals surface area contributed by atoms with Gasteiger partial charge in [-0.3, -0.25) is 4.79 Å². The topological polar surface area (TPSA) is 52.6 Å². The van der Waals surface area contributed by atoms with Crippen molar-refractivity contribution >= 4 is 11.8 Å². The van der Waals surface area contributed by atoms with Crippen LogP contribution in [0, 0.1) is 0 Å². The molecule has 0 saturated carbocycles. The van der Waals surface area contributed by atoms with E-state index in [0.717, 1.165) is 12.5 Å². The van der Waals surface area contributed by atoms with Gasteiger partial charge in [0.2, 0.25) is 0 Å². The fraction of sp³-hybridized carbons (Fsp3) is 0.455. The standard InChI is InChI=1S/C11H16O4/c1-3-10(12)9-14-7-5-6-8-15-11(13)4-2/h3-4H,1-2,5-9H2. The molecule has 0 fully saturated rings. The van der Waals surface area contributed by atoms with Crippen LogP contribution in [0.25, 0.3) is 0 Å². The lowest BCUT2D eigenvalue weighted by molar-refractivity contribution is -0.137. The van der Waals surface area contributed by atoms with Crippen molar-refractivity contribution in [3.63, 3.8) is 0 Å². The van der Waals surface area contributed by atoms with Gasteiger partial charge in [0.05, 0.1) is 6.61 Å². The summed E-state index contributed by atoms with van der Waals surface area (Å²) in [6, 6.07) is 0. The Morgan fingerprint density at radius 3 is 2.33 bits per heavy atom. The van der Waals surface area contributed by atoms with Crippen molar-refractivity contribution < 1.29 is 19.1 Å². The number of hydrogen-bond acceptors (Lipinski definition) is 4. The zero-order valence-electron chi connectivity index (χ0n) is 8.74. The summed E-state index contributed by atoms with van der Waals surface area (Å²) in [6.07, 6.45) is 3.81. The first kappa shape index (κ1) is 13.6. The minimum atomic E-state index is -0.419. The number of rotatable bonds is 9. The molecule has 15 heavy (non-hydrogen) atoms. The first-order valence-corrected chi connectivity index (χ1v) is 4.73. The molecule has 84 valence electrons. The Labute approximate surface area is 89.6 Å². The zero-order chi connectivity index (χ0) is 11.5. The average Bonchev–Trinajstić information content (AvgIpc) is 2.26. The predicted molar refractivity (Wildman–Crippen MR) is 56.4 cm³/mol. The lowest BCUT2D eigenvalue weighted by atomic mass is 10.3. The van der Waals surface area contributed by atoms with Gasteiger partial charge in [-0.15, -0.1) is 0 Å². The van der Waals surface area contributed by atoms with Crippen molar-refractivity contribution in [2.24, 2.45) is 0 Å². The van der Waals surface area contributed by atoms with Gasteiger partial charge in [0.1, 0.15) is 6.61 Å². The van der Waals surface area contributed by atoms with Crippen LogP contribution in [0.3, 0.4) is 0 Å². The van der Waals surface area contributed by atoms with E-state index in [0.29, 0.717) is 19.6 Å². The molecule has 0 spiro atoms. The van der Waals surface area contributed by atoms with Gasteiger partial charge in [-0.1, -0.05) is 13.2 Å². The molecule has 0 saturated heterocycles. The van der Waals surface area contributed by atoms with Crippen LogP contribution in [0.5, 0.6) is 0 Å². The highest BCUT2D eigenvalue weighted by Crippen LogP contribution is 1.92. The summed E-state index contributed by atoms with van der Waals surface area (Å²) in [5.74, 6) is -0.550. The van der Waals surface area contributed by atoms with Crippen LogP contribution in [0.15, 0.2) is 25.3 Å². The molecule has 0 amide bonds. The summed E-state index contributed by atoms with van der Waals surface area (Å²) in [5.41, 5.74) is 0. The maximum absolute atomic E-state index is 10.7. The Kier molecular flexibility index (Phi) is 8.28. The quantitative estimate of drug-likeness (QED) is 0.328. The Morgan fingerprint density at radius 1 is 1.07 bits per heavy atom. The number of unbranched alkanes of at least 4 members (excludes halogenated alkanes) is 1. The molecule has 0 heterocycles. The second-order valence-electron chi connectivity index (χ2n) is 2.80. The van der Waals surface area contributed by atoms with Crippen molar-refractivity contribution in [2.75, 3.05) is 19.8 Å². The number of carbonyl (C=O) groups excluding carboxylic acids is 2. The molecule has 0 aromatic heterocycles. The molecule has 0 aliphatic heterocycles. The normalized spacial score (nSPS) is 9.33. The van der Waals surface area contributed by atoms with Crippen molar-refractivity contribution in [3.05, 3.63) is 25.3 Å². The Hall–Kier alpha value is -1.42. The van der Waals surface area contributed by atoms with Gasteiger partial charge in [0.15, 0.2) is 5.78 Å². The summed E-state index contributed by atoms with van der Waals surface area (Å²) in [7, 11) is 0. The Morgan fingerprint density at radius 2 is 1.73 bits per heavy atom. The summed E-state index contributed by atoms with van der Waals surface area (Å²) in [5, 5.41) is 0. The molecular formula is C11H16O4. The molecule has 0 N–H and O–H groups in total. The summed E-state index contributed by atoms with van der Waals surface area (Å²) >= 11 is 0. The van der Waals surface area contributed by atoms with Crippen LogP contribution in [-0.4, -0.2) is 31.6 Å². The van der Waals surface area contributed by atoms with Crippen molar-refractivity contribution in [3.8, 4) is 0 Å². The molecule has 0 aromatic carbocycles. The molecule has 4 nitrogen and oxygen atoms in total. The van der Waals surface area contributed by atoms with Gasteiger partial charge in [-0.25, -0.2) is 4.79 Å². The zero-order valence-corrected chi connectivity index (χ0v) is 8.74. The minimum Gasteiger partial charge on any atom is -0.463 e. The fourth-order valence-corrected chi connectivity index (χ4v) is 0.770. The Bertz CT molecular complexity index is 209. The summed E-state index contributed by atoms with van der Waals surface area (Å²) in [4.78, 5) is 21.3. The number of ether oxygens (including phenoxy) is 2. The minimum absolute atomic E-state index is 0.0654. The molecule has 4 heteroatoms. The number of ketones is 1. The fourth-order valence-electron chi connectivity index (χ4n) is 0.770. The maximum Gasteiger partial charge on any atom is 0.330 e. The third-order valence-corrected chi connectivity index (χ3v) is 1.57. The number of hydrogen-bond donors (Lipinski definition) is 0. The highest BCUT2D eigenvalue weighted by Gasteiger charge is 1.97. The lowest BCUT2D eigenvalue weighted by Crippen LogP contribution is -2.07. The van der Waals surface area contributed by atoms with Crippen LogP contribution >= 0.6 is 0 Å². The third-order valence-electron chi connectivity index (χ3n) is 1.57. The predicted octanol–water partition coefficient (Wildman–Crippen LogP) is 1.27. The first-order valence-electron chi connectivity index (χ1n) is 4.73. The van der Waals surface area contributed by atoms with Crippen LogP contribution < -0.4 is 0 Å².